The summed E-state index contributed by atoms with van der Waals surface area (Å²) in [6, 6.07) is 0. The molecule has 0 aliphatic carbocycles. The van der Waals surface area contributed by atoms with E-state index in [4.69, 9.17) is 19.3 Å². The van der Waals surface area contributed by atoms with Crippen molar-refractivity contribution >= 4 is 0 Å². The molecule has 18 heavy (non-hydrogen) atoms. The first-order valence-corrected chi connectivity index (χ1v) is 6.28. The minimum atomic E-state index is -0.921. The summed E-state index contributed by atoms with van der Waals surface area (Å²) in [4.78, 5) is 0. The van der Waals surface area contributed by atoms with E-state index in [1.54, 1.807) is 0 Å². The van der Waals surface area contributed by atoms with Crippen LogP contribution in [0.3, 0.4) is 0 Å². The van der Waals surface area contributed by atoms with Crippen molar-refractivity contribution in [3.8, 4) is 0 Å². The first kappa shape index (κ1) is 14.0. The fraction of sp³-hybridized carbons (Fsp3) is 0.846. The highest BCUT2D eigenvalue weighted by molar-refractivity contribution is 5.02. The van der Waals surface area contributed by atoms with Crippen molar-refractivity contribution in [3.63, 3.8) is 0 Å². The first-order chi connectivity index (χ1) is 8.34. The summed E-state index contributed by atoms with van der Waals surface area (Å²) in [7, 11) is 0. The van der Waals surface area contributed by atoms with Crippen LogP contribution in [-0.4, -0.2) is 47.2 Å². The summed E-state index contributed by atoms with van der Waals surface area (Å²) < 4.78 is 17.2. The molecular formula is C13H22O5. The number of ether oxygens (including phenoxy) is 3. The van der Waals surface area contributed by atoms with Gasteiger partial charge in [-0.15, -0.1) is 6.58 Å². The topological polar surface area (TPSA) is 68.2 Å². The third-order valence-electron chi connectivity index (χ3n) is 3.37. The van der Waals surface area contributed by atoms with Gasteiger partial charge in [-0.3, -0.25) is 0 Å². The molecule has 0 unspecified atom stereocenters. The third-order valence-corrected chi connectivity index (χ3v) is 3.37. The number of aliphatic hydroxyl groups is 2. The van der Waals surface area contributed by atoms with Crippen LogP contribution in [0.5, 0.6) is 0 Å². The molecule has 0 aromatic rings. The normalized spacial score (nSPS) is 39.6. The molecule has 2 fully saturated rings. The van der Waals surface area contributed by atoms with Gasteiger partial charge in [0, 0.05) is 5.92 Å². The molecule has 0 saturated carbocycles. The Hall–Kier alpha value is -0.460. The van der Waals surface area contributed by atoms with Gasteiger partial charge in [-0.05, 0) is 27.2 Å². The van der Waals surface area contributed by atoms with E-state index in [0.29, 0.717) is 6.42 Å². The molecule has 2 rings (SSSR count). The fourth-order valence-corrected chi connectivity index (χ4v) is 2.71. The van der Waals surface area contributed by atoms with Crippen molar-refractivity contribution in [2.75, 3.05) is 6.61 Å². The van der Waals surface area contributed by atoms with Crippen LogP contribution in [0.25, 0.3) is 0 Å². The molecule has 5 atom stereocenters. The quantitative estimate of drug-likeness (QED) is 0.730. The zero-order valence-corrected chi connectivity index (χ0v) is 11.1. The fourth-order valence-electron chi connectivity index (χ4n) is 2.71. The molecule has 0 bridgehead atoms. The molecule has 0 spiro atoms. The molecule has 2 saturated heterocycles. The number of hydrogen-bond acceptors (Lipinski definition) is 5. The lowest BCUT2D eigenvalue weighted by Gasteiger charge is -2.28. The van der Waals surface area contributed by atoms with Crippen LogP contribution < -0.4 is 0 Å². The SMILES string of the molecule is C=C(C)C[C@H]1[C@H]2OC(C)(C)O[C@H]2O[C@@H]1[C@H](O)CO. The van der Waals surface area contributed by atoms with Gasteiger partial charge in [0.05, 0.1) is 12.7 Å². The molecule has 2 heterocycles. The molecule has 2 N–H and O–H groups in total. The maximum atomic E-state index is 9.81. The molecule has 104 valence electrons. The predicted molar refractivity (Wildman–Crippen MR) is 64.7 cm³/mol. The van der Waals surface area contributed by atoms with Crippen LogP contribution >= 0.6 is 0 Å². The van der Waals surface area contributed by atoms with E-state index in [9.17, 15) is 5.11 Å². The highest BCUT2D eigenvalue weighted by Crippen LogP contribution is 2.43. The number of rotatable bonds is 4. The number of allylic oxidation sites excluding steroid dienone is 1. The van der Waals surface area contributed by atoms with Crippen molar-refractivity contribution < 1.29 is 24.4 Å². The lowest BCUT2D eigenvalue weighted by molar-refractivity contribution is -0.222. The molecule has 0 aromatic heterocycles. The molecule has 5 nitrogen and oxygen atoms in total. The van der Waals surface area contributed by atoms with Crippen molar-refractivity contribution in [1.29, 1.82) is 0 Å². The number of hydrogen-bond donors (Lipinski definition) is 2. The molecule has 0 aromatic carbocycles. The monoisotopic (exact) mass is 258 g/mol. The van der Waals surface area contributed by atoms with Crippen LogP contribution in [0.1, 0.15) is 27.2 Å². The van der Waals surface area contributed by atoms with Gasteiger partial charge >= 0.3 is 0 Å². The molecular weight excluding hydrogens is 236 g/mol. The summed E-state index contributed by atoms with van der Waals surface area (Å²) in [5, 5.41) is 18.9. The average molecular weight is 258 g/mol. The first-order valence-electron chi connectivity index (χ1n) is 6.28. The minimum absolute atomic E-state index is 0.0450. The zero-order valence-electron chi connectivity index (χ0n) is 11.1. The second kappa shape index (κ2) is 4.90. The highest BCUT2D eigenvalue weighted by Gasteiger charge is 2.55. The van der Waals surface area contributed by atoms with Crippen molar-refractivity contribution in [2.24, 2.45) is 5.92 Å². The summed E-state index contributed by atoms with van der Waals surface area (Å²) in [6.07, 6.45) is -1.41. The Kier molecular flexibility index (Phi) is 3.80. The summed E-state index contributed by atoms with van der Waals surface area (Å²) >= 11 is 0. The predicted octanol–water partition coefficient (Wildman–Crippen LogP) is 0.798. The van der Waals surface area contributed by atoms with E-state index in [-0.39, 0.29) is 18.6 Å². The Bertz CT molecular complexity index is 327. The molecule has 0 amide bonds. The van der Waals surface area contributed by atoms with Gasteiger partial charge in [-0.1, -0.05) is 5.57 Å². The standard InChI is InChI=1S/C13H22O5/c1-7(2)5-8-10(9(15)6-14)16-12-11(8)17-13(3,4)18-12/h8-12,14-15H,1,5-6H2,2-4H3/t8-,9-,10+,11-,12-/m1/s1. The zero-order chi connectivity index (χ0) is 13.5. The number of aliphatic hydroxyl groups excluding tert-OH is 2. The summed E-state index contributed by atoms with van der Waals surface area (Å²) in [5.41, 5.74) is 0.993. The van der Waals surface area contributed by atoms with E-state index in [2.05, 4.69) is 6.58 Å². The Morgan fingerprint density at radius 3 is 2.61 bits per heavy atom. The Labute approximate surface area is 107 Å². The lowest BCUT2D eigenvalue weighted by atomic mass is 9.89. The van der Waals surface area contributed by atoms with Gasteiger partial charge in [0.15, 0.2) is 12.1 Å². The largest absolute Gasteiger partial charge is 0.394 e. The van der Waals surface area contributed by atoms with E-state index in [1.165, 1.54) is 0 Å². The smallest absolute Gasteiger partial charge is 0.187 e. The second-order valence-corrected chi connectivity index (χ2v) is 5.64. The van der Waals surface area contributed by atoms with Gasteiger partial charge in [-0.2, -0.15) is 0 Å². The third kappa shape index (κ3) is 2.60. The van der Waals surface area contributed by atoms with Crippen LogP contribution in [0.2, 0.25) is 0 Å². The molecule has 0 radical (unpaired) electrons. The van der Waals surface area contributed by atoms with Crippen LogP contribution in [0, 0.1) is 5.92 Å². The summed E-state index contributed by atoms with van der Waals surface area (Å²) in [6.45, 7) is 9.16. The maximum Gasteiger partial charge on any atom is 0.187 e. The molecule has 5 heteroatoms. The summed E-state index contributed by atoms with van der Waals surface area (Å²) in [5.74, 6) is -0.714. The van der Waals surface area contributed by atoms with Gasteiger partial charge in [0.25, 0.3) is 0 Å². The van der Waals surface area contributed by atoms with Crippen LogP contribution in [0.15, 0.2) is 12.2 Å². The average Bonchev–Trinajstić information content (AvgIpc) is 2.71. The van der Waals surface area contributed by atoms with E-state index in [0.717, 1.165) is 5.57 Å². The van der Waals surface area contributed by atoms with Gasteiger partial charge in [0.1, 0.15) is 12.2 Å². The van der Waals surface area contributed by atoms with Gasteiger partial charge in [-0.25, -0.2) is 0 Å². The highest BCUT2D eigenvalue weighted by atomic mass is 16.8. The Morgan fingerprint density at radius 2 is 2.06 bits per heavy atom. The minimum Gasteiger partial charge on any atom is -0.394 e. The molecule has 2 aliphatic heterocycles. The van der Waals surface area contributed by atoms with Crippen LogP contribution in [-0.2, 0) is 14.2 Å². The van der Waals surface area contributed by atoms with Gasteiger partial charge in [0.2, 0.25) is 0 Å². The van der Waals surface area contributed by atoms with E-state index < -0.39 is 24.3 Å². The molecule has 2 aliphatic rings. The lowest BCUT2D eigenvalue weighted by Crippen LogP contribution is -2.38. The Morgan fingerprint density at radius 1 is 1.39 bits per heavy atom. The van der Waals surface area contributed by atoms with Crippen LogP contribution in [0.4, 0.5) is 0 Å². The Balaban J connectivity index is 2.14. The van der Waals surface area contributed by atoms with E-state index in [1.807, 2.05) is 20.8 Å². The van der Waals surface area contributed by atoms with Crippen molar-refractivity contribution in [1.82, 2.24) is 0 Å². The maximum absolute atomic E-state index is 9.81. The number of fused-ring (bicyclic) bond motifs is 1. The van der Waals surface area contributed by atoms with E-state index >= 15 is 0 Å². The van der Waals surface area contributed by atoms with Gasteiger partial charge < -0.3 is 24.4 Å². The second-order valence-electron chi connectivity index (χ2n) is 5.64. The van der Waals surface area contributed by atoms with Crippen molar-refractivity contribution in [3.05, 3.63) is 12.2 Å². The van der Waals surface area contributed by atoms with Crippen molar-refractivity contribution in [2.45, 2.75) is 57.6 Å².